The van der Waals surface area contributed by atoms with Crippen LogP contribution in [-0.2, 0) is 14.8 Å². The molecule has 2 aromatic rings. The fraction of sp³-hybridized carbons (Fsp3) is 0.263. The number of hydrogen-bond acceptors (Lipinski definition) is 5. The fourth-order valence-electron chi connectivity index (χ4n) is 2.50. The summed E-state index contributed by atoms with van der Waals surface area (Å²) < 4.78 is 32.3. The lowest BCUT2D eigenvalue weighted by Crippen LogP contribution is -2.26. The molecule has 2 aromatic carbocycles. The van der Waals surface area contributed by atoms with E-state index in [9.17, 15) is 18.0 Å². The molecule has 3 N–H and O–H groups in total. The Bertz CT molecular complexity index is 1010. The van der Waals surface area contributed by atoms with Gasteiger partial charge in [-0.3, -0.25) is 4.79 Å². The Kier molecular flexibility index (Phi) is 5.66. The molecule has 8 nitrogen and oxygen atoms in total. The molecule has 0 aromatic heterocycles. The van der Waals surface area contributed by atoms with E-state index in [1.807, 2.05) is 0 Å². The van der Waals surface area contributed by atoms with E-state index in [1.165, 1.54) is 24.3 Å². The van der Waals surface area contributed by atoms with Gasteiger partial charge in [0, 0.05) is 17.3 Å². The van der Waals surface area contributed by atoms with Crippen molar-refractivity contribution in [3.63, 3.8) is 0 Å². The average molecular weight is 404 g/mol. The van der Waals surface area contributed by atoms with Crippen molar-refractivity contribution in [1.82, 2.24) is 4.72 Å². The smallest absolute Gasteiger partial charge is 0.341 e. The number of aliphatic carboxylic acids is 1. The van der Waals surface area contributed by atoms with Crippen LogP contribution in [0.4, 0.5) is 5.69 Å². The predicted molar refractivity (Wildman–Crippen MR) is 102 cm³/mol. The monoisotopic (exact) mass is 404 g/mol. The molecule has 0 atom stereocenters. The summed E-state index contributed by atoms with van der Waals surface area (Å²) in [6, 6.07) is 10.6. The Hall–Kier alpha value is -2.91. The van der Waals surface area contributed by atoms with Crippen LogP contribution in [0.25, 0.3) is 0 Å². The summed E-state index contributed by atoms with van der Waals surface area (Å²) in [5, 5.41) is 11.4. The summed E-state index contributed by atoms with van der Waals surface area (Å²) in [4.78, 5) is 23.1. The number of sulfonamides is 1. The molecule has 0 bridgehead atoms. The van der Waals surface area contributed by atoms with Crippen LogP contribution in [0.15, 0.2) is 47.4 Å². The minimum atomic E-state index is -3.65. The van der Waals surface area contributed by atoms with E-state index >= 15 is 0 Å². The quantitative estimate of drug-likeness (QED) is 0.620. The number of amides is 1. The SMILES string of the molecule is Cc1cc(OCC(=O)O)ccc1NC(=O)c1cccc(S(=O)(=O)NC2CC2)c1. The van der Waals surface area contributed by atoms with Crippen molar-refractivity contribution in [2.45, 2.75) is 30.7 Å². The lowest BCUT2D eigenvalue weighted by molar-refractivity contribution is -0.139. The maximum Gasteiger partial charge on any atom is 0.341 e. The molecule has 1 fully saturated rings. The number of ether oxygens (including phenoxy) is 1. The first-order valence-corrected chi connectivity index (χ1v) is 10.1. The van der Waals surface area contributed by atoms with E-state index in [4.69, 9.17) is 9.84 Å². The van der Waals surface area contributed by atoms with Crippen molar-refractivity contribution < 1.29 is 27.9 Å². The lowest BCUT2D eigenvalue weighted by atomic mass is 10.1. The number of carbonyl (C=O) groups excluding carboxylic acids is 1. The highest BCUT2D eigenvalue weighted by Gasteiger charge is 2.28. The molecule has 0 aliphatic heterocycles. The van der Waals surface area contributed by atoms with Crippen molar-refractivity contribution in [2.24, 2.45) is 0 Å². The highest BCUT2D eigenvalue weighted by atomic mass is 32.2. The van der Waals surface area contributed by atoms with Gasteiger partial charge in [-0.25, -0.2) is 17.9 Å². The van der Waals surface area contributed by atoms with Gasteiger partial charge in [0.05, 0.1) is 4.90 Å². The zero-order chi connectivity index (χ0) is 20.3. The van der Waals surface area contributed by atoms with Gasteiger partial charge in [0.15, 0.2) is 6.61 Å². The Morgan fingerprint density at radius 1 is 1.18 bits per heavy atom. The standard InChI is InChI=1S/C19H20N2O6S/c1-12-9-15(27-11-18(22)23)7-8-17(12)20-19(24)13-3-2-4-16(10-13)28(25,26)21-14-5-6-14/h2-4,7-10,14,21H,5-6,11H2,1H3,(H,20,24)(H,22,23). The highest BCUT2D eigenvalue weighted by Crippen LogP contribution is 2.24. The molecule has 1 aliphatic rings. The Morgan fingerprint density at radius 2 is 1.93 bits per heavy atom. The molecule has 148 valence electrons. The Morgan fingerprint density at radius 3 is 2.57 bits per heavy atom. The summed E-state index contributed by atoms with van der Waals surface area (Å²) >= 11 is 0. The van der Waals surface area contributed by atoms with E-state index in [-0.39, 0.29) is 16.5 Å². The molecular formula is C19H20N2O6S. The third-order valence-corrected chi connectivity index (χ3v) is 5.63. The van der Waals surface area contributed by atoms with Crippen molar-refractivity contribution in [3.8, 4) is 5.75 Å². The summed E-state index contributed by atoms with van der Waals surface area (Å²) in [7, 11) is -3.65. The molecule has 1 amide bonds. The van der Waals surface area contributed by atoms with Gasteiger partial charge in [-0.05, 0) is 61.7 Å². The topological polar surface area (TPSA) is 122 Å². The maximum absolute atomic E-state index is 12.5. The van der Waals surface area contributed by atoms with Crippen molar-refractivity contribution in [1.29, 1.82) is 0 Å². The van der Waals surface area contributed by atoms with Crippen LogP contribution in [0.3, 0.4) is 0 Å². The third kappa shape index (κ3) is 5.08. The van der Waals surface area contributed by atoms with Gasteiger partial charge >= 0.3 is 5.97 Å². The first-order chi connectivity index (χ1) is 13.2. The molecule has 0 radical (unpaired) electrons. The third-order valence-electron chi connectivity index (χ3n) is 4.11. The molecule has 9 heteroatoms. The molecule has 1 aliphatic carbocycles. The number of carboxylic acid groups (broad SMARTS) is 1. The van der Waals surface area contributed by atoms with Gasteiger partial charge in [0.2, 0.25) is 10.0 Å². The first kappa shape index (κ1) is 19.8. The second kappa shape index (κ2) is 7.99. The number of carboxylic acids is 1. The predicted octanol–water partition coefficient (Wildman–Crippen LogP) is 2.15. The number of aryl methyl sites for hydroxylation is 1. The molecule has 28 heavy (non-hydrogen) atoms. The Balaban J connectivity index is 1.72. The second-order valence-corrected chi connectivity index (χ2v) is 8.25. The first-order valence-electron chi connectivity index (χ1n) is 8.63. The summed E-state index contributed by atoms with van der Waals surface area (Å²) in [5.74, 6) is -1.16. The molecule has 1 saturated carbocycles. The summed E-state index contributed by atoms with van der Waals surface area (Å²) in [6.45, 7) is 1.28. The van der Waals surface area contributed by atoms with Gasteiger partial charge in [-0.2, -0.15) is 0 Å². The molecule has 3 rings (SSSR count). The average Bonchev–Trinajstić information content (AvgIpc) is 3.45. The van der Waals surface area contributed by atoms with Crippen LogP contribution in [-0.4, -0.2) is 38.0 Å². The van der Waals surface area contributed by atoms with Crippen LogP contribution < -0.4 is 14.8 Å². The summed E-state index contributed by atoms with van der Waals surface area (Å²) in [5.41, 5.74) is 1.40. The van der Waals surface area contributed by atoms with Crippen LogP contribution in [0.1, 0.15) is 28.8 Å². The van der Waals surface area contributed by atoms with Crippen LogP contribution in [0, 0.1) is 6.92 Å². The zero-order valence-electron chi connectivity index (χ0n) is 15.1. The highest BCUT2D eigenvalue weighted by molar-refractivity contribution is 7.89. The maximum atomic E-state index is 12.5. The molecular weight excluding hydrogens is 384 g/mol. The minimum absolute atomic E-state index is 0.0213. The van der Waals surface area contributed by atoms with Gasteiger partial charge in [0.1, 0.15) is 5.75 Å². The number of anilines is 1. The van der Waals surface area contributed by atoms with E-state index < -0.39 is 28.5 Å². The number of nitrogens with one attached hydrogen (secondary N) is 2. The minimum Gasteiger partial charge on any atom is -0.482 e. The summed E-state index contributed by atoms with van der Waals surface area (Å²) in [6.07, 6.45) is 1.65. The van der Waals surface area contributed by atoms with Gasteiger partial charge in [0.25, 0.3) is 5.91 Å². The van der Waals surface area contributed by atoms with Gasteiger partial charge in [-0.15, -0.1) is 0 Å². The van der Waals surface area contributed by atoms with Gasteiger partial charge < -0.3 is 15.2 Å². The van der Waals surface area contributed by atoms with Crippen LogP contribution in [0.5, 0.6) is 5.75 Å². The molecule has 0 spiro atoms. The van der Waals surface area contributed by atoms with Crippen LogP contribution in [0.2, 0.25) is 0 Å². The van der Waals surface area contributed by atoms with Crippen molar-refractivity contribution >= 4 is 27.6 Å². The fourth-order valence-corrected chi connectivity index (χ4v) is 3.85. The normalized spacial score (nSPS) is 13.8. The largest absolute Gasteiger partial charge is 0.482 e. The van der Waals surface area contributed by atoms with Crippen molar-refractivity contribution in [3.05, 3.63) is 53.6 Å². The van der Waals surface area contributed by atoms with Crippen LogP contribution >= 0.6 is 0 Å². The molecule has 0 heterocycles. The van der Waals surface area contributed by atoms with Crippen molar-refractivity contribution in [2.75, 3.05) is 11.9 Å². The number of hydrogen-bond donors (Lipinski definition) is 3. The zero-order valence-corrected chi connectivity index (χ0v) is 16.0. The number of rotatable bonds is 8. The van der Waals surface area contributed by atoms with E-state index in [0.717, 1.165) is 12.8 Å². The lowest BCUT2D eigenvalue weighted by Gasteiger charge is -2.11. The number of benzene rings is 2. The van der Waals surface area contributed by atoms with E-state index in [0.29, 0.717) is 17.0 Å². The molecule has 0 saturated heterocycles. The van der Waals surface area contributed by atoms with E-state index in [2.05, 4.69) is 10.0 Å². The second-order valence-electron chi connectivity index (χ2n) is 6.54. The Labute approximate surface area is 162 Å². The molecule has 0 unspecified atom stereocenters. The van der Waals surface area contributed by atoms with Gasteiger partial charge in [-0.1, -0.05) is 6.07 Å². The number of carbonyl (C=O) groups is 2. The van der Waals surface area contributed by atoms with E-state index in [1.54, 1.807) is 25.1 Å².